The summed E-state index contributed by atoms with van der Waals surface area (Å²) in [5.74, 6) is 0. The molecule has 0 aliphatic carbocycles. The van der Waals surface area contributed by atoms with E-state index in [2.05, 4.69) is 20.0 Å². The zero-order chi connectivity index (χ0) is 15.9. The molecule has 0 atom stereocenters. The summed E-state index contributed by atoms with van der Waals surface area (Å²) >= 11 is 0. The van der Waals surface area contributed by atoms with Crippen LogP contribution < -0.4 is 0 Å². The number of fused-ring (bicyclic) bond motifs is 4. The van der Waals surface area contributed by atoms with Crippen LogP contribution in [0.4, 0.5) is 0 Å². The Kier molecular flexibility index (Phi) is 3.88. The van der Waals surface area contributed by atoms with Crippen LogP contribution in [0.3, 0.4) is 0 Å². The maximum Gasteiger partial charge on any atom is 0.0659 e. The Morgan fingerprint density at radius 2 is 0.600 bits per heavy atom. The smallest absolute Gasteiger partial charge is 0.0659 e. The molecule has 1 radical (unpaired) electrons. The second-order valence-electron chi connectivity index (χ2n) is 5.76. The minimum Gasteiger partial charge on any atom is -0.249 e. The monoisotopic (exact) mass is 371 g/mol. The van der Waals surface area contributed by atoms with Crippen molar-refractivity contribution in [1.82, 2.24) is 0 Å². The quantitative estimate of drug-likeness (QED) is 0.584. The Labute approximate surface area is 155 Å². The number of nitrogens with zero attached hydrogens (tertiary/aromatic N) is 4. The van der Waals surface area contributed by atoms with Crippen LogP contribution in [0, 0.1) is 0 Å². The van der Waals surface area contributed by atoms with Gasteiger partial charge in [-0.15, -0.1) is 0 Å². The molecule has 123 valence electrons. The summed E-state index contributed by atoms with van der Waals surface area (Å²) in [6.07, 6.45) is 23.8. The van der Waals surface area contributed by atoms with Crippen LogP contribution >= 0.6 is 0 Å². The molecule has 5 heteroatoms. The minimum absolute atomic E-state index is 0. The Hall–Kier alpha value is -2.88. The topological polar surface area (TPSA) is 49.4 Å². The van der Waals surface area contributed by atoms with Gasteiger partial charge in [-0.05, 0) is 72.9 Å². The largest absolute Gasteiger partial charge is 0.249 e. The Bertz CT molecular complexity index is 848. The van der Waals surface area contributed by atoms with Gasteiger partial charge in [-0.3, -0.25) is 0 Å². The first-order valence-corrected chi connectivity index (χ1v) is 7.74. The van der Waals surface area contributed by atoms with Gasteiger partial charge in [0.2, 0.25) is 0 Å². The van der Waals surface area contributed by atoms with Crippen molar-refractivity contribution in [2.45, 2.75) is 0 Å². The van der Waals surface area contributed by atoms with Gasteiger partial charge in [0.15, 0.2) is 0 Å². The van der Waals surface area contributed by atoms with Crippen LogP contribution in [0.15, 0.2) is 116 Å². The molecule has 0 aromatic rings. The van der Waals surface area contributed by atoms with Gasteiger partial charge in [-0.1, -0.05) is 0 Å². The van der Waals surface area contributed by atoms with Crippen molar-refractivity contribution in [2.75, 3.05) is 0 Å². The maximum atomic E-state index is 4.59. The molecule has 5 heterocycles. The first-order chi connectivity index (χ1) is 11.8. The van der Waals surface area contributed by atoms with Gasteiger partial charge in [0, 0.05) is 17.1 Å². The van der Waals surface area contributed by atoms with Gasteiger partial charge in [0.05, 0.1) is 45.6 Å². The Balaban J connectivity index is 0.00000157. The maximum absolute atomic E-state index is 4.59. The molecule has 0 spiro atoms. The fraction of sp³-hybridized carbons (Fsp3) is 0. The molecule has 5 rings (SSSR count). The summed E-state index contributed by atoms with van der Waals surface area (Å²) in [7, 11) is 0. The first-order valence-electron chi connectivity index (χ1n) is 7.74. The second-order valence-corrected chi connectivity index (χ2v) is 5.76. The third-order valence-corrected chi connectivity index (χ3v) is 3.92. The zero-order valence-corrected chi connectivity index (χ0v) is 14.0. The first kappa shape index (κ1) is 15.6. The molecule has 5 aliphatic rings. The van der Waals surface area contributed by atoms with Gasteiger partial charge in [-0.25, -0.2) is 20.0 Å². The van der Waals surface area contributed by atoms with E-state index in [4.69, 9.17) is 0 Å². The summed E-state index contributed by atoms with van der Waals surface area (Å²) < 4.78 is 0. The fourth-order valence-electron chi connectivity index (χ4n) is 2.83. The van der Waals surface area contributed by atoms with Crippen molar-refractivity contribution in [3.63, 3.8) is 0 Å². The molecule has 4 nitrogen and oxygen atoms in total. The summed E-state index contributed by atoms with van der Waals surface area (Å²) in [6, 6.07) is 0. The molecule has 0 aromatic heterocycles. The van der Waals surface area contributed by atoms with Crippen LogP contribution in [0.2, 0.25) is 0 Å². The Morgan fingerprint density at radius 1 is 0.360 bits per heavy atom. The minimum atomic E-state index is 0. The van der Waals surface area contributed by atoms with Crippen LogP contribution in [0.1, 0.15) is 0 Å². The van der Waals surface area contributed by atoms with Crippen molar-refractivity contribution in [2.24, 2.45) is 20.0 Å². The number of rotatable bonds is 0. The van der Waals surface area contributed by atoms with Gasteiger partial charge in [0.1, 0.15) is 0 Å². The predicted octanol–water partition coefficient (Wildman–Crippen LogP) is 3.58. The summed E-state index contributed by atoms with van der Waals surface area (Å²) in [4.78, 5) is 18.4. The molecule has 25 heavy (non-hydrogen) atoms. The molecule has 0 saturated carbocycles. The molecular formula is C20H12CuN4. The van der Waals surface area contributed by atoms with Crippen molar-refractivity contribution in [1.29, 1.82) is 0 Å². The predicted molar refractivity (Wildman–Crippen MR) is 98.6 cm³/mol. The number of hydrogen-bond donors (Lipinski definition) is 0. The van der Waals surface area contributed by atoms with Gasteiger partial charge < -0.3 is 0 Å². The average Bonchev–Trinajstić information content (AvgIpc) is 3.32. The number of hydrogen-bond acceptors (Lipinski definition) is 4. The molecule has 8 bridgehead atoms. The summed E-state index contributed by atoms with van der Waals surface area (Å²) in [5, 5.41) is 0. The second kappa shape index (κ2) is 6.20. The zero-order valence-electron chi connectivity index (χ0n) is 13.0. The van der Waals surface area contributed by atoms with E-state index in [-0.39, 0.29) is 17.1 Å². The van der Waals surface area contributed by atoms with Crippen LogP contribution in [0.25, 0.3) is 0 Å². The molecule has 0 N–H and O–H groups in total. The molecule has 0 saturated heterocycles. The van der Waals surface area contributed by atoms with Gasteiger partial charge in [-0.2, -0.15) is 0 Å². The molecule has 0 aromatic carbocycles. The van der Waals surface area contributed by atoms with E-state index in [1.54, 1.807) is 0 Å². The van der Waals surface area contributed by atoms with Gasteiger partial charge >= 0.3 is 0 Å². The molecule has 0 amide bonds. The van der Waals surface area contributed by atoms with E-state index in [0.717, 1.165) is 45.6 Å². The van der Waals surface area contributed by atoms with Crippen molar-refractivity contribution in [3.8, 4) is 0 Å². The van der Waals surface area contributed by atoms with Crippen molar-refractivity contribution >= 4 is 22.8 Å². The van der Waals surface area contributed by atoms with E-state index in [1.165, 1.54) is 0 Å². The molecule has 5 aliphatic heterocycles. The fourth-order valence-corrected chi connectivity index (χ4v) is 2.83. The summed E-state index contributed by atoms with van der Waals surface area (Å²) in [6.45, 7) is 0. The van der Waals surface area contributed by atoms with Crippen molar-refractivity contribution in [3.05, 3.63) is 95.7 Å². The van der Waals surface area contributed by atoms with Crippen LogP contribution in [-0.4, -0.2) is 22.8 Å². The summed E-state index contributed by atoms with van der Waals surface area (Å²) in [5.41, 5.74) is 7.15. The van der Waals surface area contributed by atoms with Gasteiger partial charge in [0.25, 0.3) is 0 Å². The number of allylic oxidation sites excluding steroid dienone is 12. The average molecular weight is 372 g/mol. The third-order valence-electron chi connectivity index (χ3n) is 3.92. The normalized spacial score (nSPS) is 21.8. The van der Waals surface area contributed by atoms with Crippen LogP contribution in [-0.2, 0) is 17.1 Å². The molecule has 0 fully saturated rings. The standard InChI is InChI=1S/C20H12N4.Cu/c1-2-14-10-16-5-6-18(23-16)12-20-8-7-19(24-20)11-17-4-3-15(22-17)9-13(1)21-14;/h1-12H;. The van der Waals surface area contributed by atoms with E-state index in [0.29, 0.717) is 0 Å². The van der Waals surface area contributed by atoms with E-state index in [9.17, 15) is 0 Å². The molecular weight excluding hydrogens is 360 g/mol. The van der Waals surface area contributed by atoms with Crippen LogP contribution in [0.5, 0.6) is 0 Å². The number of aliphatic imine (C=N–C) groups is 4. The van der Waals surface area contributed by atoms with E-state index >= 15 is 0 Å². The van der Waals surface area contributed by atoms with E-state index in [1.807, 2.05) is 72.9 Å². The SMILES string of the molecule is C1=CC2=NC1=CC1=NC(=CC3=NC(=CC4=NC(=C2)C=C4)C=C3)C=C1.[Cu]. The third kappa shape index (κ3) is 3.20. The molecule has 0 unspecified atom stereocenters. The van der Waals surface area contributed by atoms with Crippen molar-refractivity contribution < 1.29 is 17.1 Å². The Morgan fingerprint density at radius 3 is 0.840 bits per heavy atom. The van der Waals surface area contributed by atoms with E-state index < -0.39 is 0 Å².